The van der Waals surface area contributed by atoms with Gasteiger partial charge in [-0.25, -0.2) is 0 Å². The maximum atomic E-state index is 12.2. The van der Waals surface area contributed by atoms with Crippen LogP contribution in [-0.4, -0.2) is 48.1 Å². The summed E-state index contributed by atoms with van der Waals surface area (Å²) in [4.78, 5) is 13.9. The van der Waals surface area contributed by atoms with Crippen molar-refractivity contribution in [1.82, 2.24) is 4.90 Å². The lowest BCUT2D eigenvalue weighted by Gasteiger charge is -2.16. The highest BCUT2D eigenvalue weighted by molar-refractivity contribution is 7.98. The standard InChI is InChI=1S/C15H19NO2S/c1-16(9-11-19-2)15(18)14-8-5-7-13(12-14)6-3-4-10-17/h5,7-8,12,17H,4,9-11H2,1-2H3. The lowest BCUT2D eigenvalue weighted by atomic mass is 10.1. The zero-order valence-corrected chi connectivity index (χ0v) is 12.2. The molecule has 0 spiro atoms. The summed E-state index contributed by atoms with van der Waals surface area (Å²) < 4.78 is 0. The molecule has 102 valence electrons. The van der Waals surface area contributed by atoms with E-state index in [1.807, 2.05) is 25.4 Å². The Labute approximate surface area is 119 Å². The smallest absolute Gasteiger partial charge is 0.253 e. The van der Waals surface area contributed by atoms with Crippen LogP contribution in [0.25, 0.3) is 0 Å². The third kappa shape index (κ3) is 5.37. The highest BCUT2D eigenvalue weighted by atomic mass is 32.2. The Bertz CT molecular complexity index is 477. The molecule has 1 aromatic rings. The first-order valence-electron chi connectivity index (χ1n) is 6.13. The van der Waals surface area contributed by atoms with E-state index in [1.165, 1.54) is 0 Å². The van der Waals surface area contributed by atoms with E-state index in [9.17, 15) is 4.79 Å². The topological polar surface area (TPSA) is 40.5 Å². The minimum absolute atomic E-state index is 0.0138. The van der Waals surface area contributed by atoms with E-state index in [2.05, 4.69) is 11.8 Å². The predicted octanol–water partition coefficient (Wildman–Crippen LogP) is 1.86. The molecule has 19 heavy (non-hydrogen) atoms. The molecule has 0 heterocycles. The zero-order valence-electron chi connectivity index (χ0n) is 11.3. The summed E-state index contributed by atoms with van der Waals surface area (Å²) >= 11 is 1.72. The van der Waals surface area contributed by atoms with E-state index < -0.39 is 0 Å². The fourth-order valence-corrected chi connectivity index (χ4v) is 1.96. The number of hydrogen-bond donors (Lipinski definition) is 1. The summed E-state index contributed by atoms with van der Waals surface area (Å²) in [6.45, 7) is 0.795. The second kappa shape index (κ2) is 8.63. The number of carbonyl (C=O) groups excluding carboxylic acids is 1. The largest absolute Gasteiger partial charge is 0.395 e. The summed E-state index contributed by atoms with van der Waals surface area (Å²) in [7, 11) is 1.81. The minimum atomic E-state index is 0.0138. The molecule has 1 N–H and O–H groups in total. The van der Waals surface area contributed by atoms with E-state index in [4.69, 9.17) is 5.11 Å². The second-order valence-electron chi connectivity index (χ2n) is 4.08. The van der Waals surface area contributed by atoms with Crippen molar-refractivity contribution in [2.45, 2.75) is 6.42 Å². The molecule has 0 saturated carbocycles. The zero-order chi connectivity index (χ0) is 14.1. The van der Waals surface area contributed by atoms with Gasteiger partial charge in [0.2, 0.25) is 0 Å². The first kappa shape index (κ1) is 15.6. The summed E-state index contributed by atoms with van der Waals surface area (Å²) in [5.41, 5.74) is 1.46. The minimum Gasteiger partial charge on any atom is -0.395 e. The van der Waals surface area contributed by atoms with Crippen LogP contribution >= 0.6 is 11.8 Å². The predicted molar refractivity (Wildman–Crippen MR) is 80.4 cm³/mol. The van der Waals surface area contributed by atoms with E-state index in [0.717, 1.165) is 17.9 Å². The van der Waals surface area contributed by atoms with Crippen LogP contribution in [-0.2, 0) is 0 Å². The molecule has 0 radical (unpaired) electrons. The fourth-order valence-electron chi connectivity index (χ4n) is 1.50. The van der Waals surface area contributed by atoms with Gasteiger partial charge in [-0.3, -0.25) is 4.79 Å². The van der Waals surface area contributed by atoms with Gasteiger partial charge in [0.25, 0.3) is 5.91 Å². The molecule has 0 aliphatic carbocycles. The van der Waals surface area contributed by atoms with E-state index in [-0.39, 0.29) is 12.5 Å². The number of amides is 1. The molecular formula is C15H19NO2S. The van der Waals surface area contributed by atoms with Gasteiger partial charge in [-0.05, 0) is 24.5 Å². The van der Waals surface area contributed by atoms with Crippen molar-refractivity contribution in [2.24, 2.45) is 0 Å². The Morgan fingerprint density at radius 3 is 2.95 bits per heavy atom. The molecule has 1 amide bonds. The first-order valence-corrected chi connectivity index (χ1v) is 7.52. The molecule has 3 nitrogen and oxygen atoms in total. The molecule has 0 aromatic heterocycles. The maximum absolute atomic E-state index is 12.2. The second-order valence-corrected chi connectivity index (χ2v) is 5.06. The van der Waals surface area contributed by atoms with Gasteiger partial charge in [0.15, 0.2) is 0 Å². The van der Waals surface area contributed by atoms with Crippen molar-refractivity contribution < 1.29 is 9.90 Å². The summed E-state index contributed by atoms with van der Waals surface area (Å²) in [5, 5.41) is 8.68. The van der Waals surface area contributed by atoms with E-state index in [1.54, 1.807) is 28.8 Å². The Balaban J connectivity index is 2.76. The Morgan fingerprint density at radius 1 is 1.47 bits per heavy atom. The van der Waals surface area contributed by atoms with Gasteiger partial charge in [-0.15, -0.1) is 0 Å². The van der Waals surface area contributed by atoms with Crippen LogP contribution in [0.2, 0.25) is 0 Å². The number of carbonyl (C=O) groups is 1. The molecule has 0 atom stereocenters. The van der Waals surface area contributed by atoms with Crippen molar-refractivity contribution in [2.75, 3.05) is 32.2 Å². The molecule has 0 fully saturated rings. The molecule has 0 bridgehead atoms. The highest BCUT2D eigenvalue weighted by Crippen LogP contribution is 2.08. The van der Waals surface area contributed by atoms with Crippen LogP contribution in [0.3, 0.4) is 0 Å². The van der Waals surface area contributed by atoms with Crippen LogP contribution < -0.4 is 0 Å². The molecule has 0 saturated heterocycles. The lowest BCUT2D eigenvalue weighted by molar-refractivity contribution is 0.0803. The van der Waals surface area contributed by atoms with Crippen LogP contribution in [0.4, 0.5) is 0 Å². The number of nitrogens with zero attached hydrogens (tertiary/aromatic N) is 1. The fraction of sp³-hybridized carbons (Fsp3) is 0.400. The number of aliphatic hydroxyl groups excluding tert-OH is 1. The van der Waals surface area contributed by atoms with Gasteiger partial charge in [-0.1, -0.05) is 17.9 Å². The van der Waals surface area contributed by atoms with Crippen molar-refractivity contribution >= 4 is 17.7 Å². The molecular weight excluding hydrogens is 258 g/mol. The average molecular weight is 277 g/mol. The molecule has 4 heteroatoms. The monoisotopic (exact) mass is 277 g/mol. The Hall–Kier alpha value is -1.44. The van der Waals surface area contributed by atoms with E-state index in [0.29, 0.717) is 12.0 Å². The average Bonchev–Trinajstić information content (AvgIpc) is 2.44. The summed E-state index contributed by atoms with van der Waals surface area (Å²) in [5.74, 6) is 6.73. The quantitative estimate of drug-likeness (QED) is 0.835. The normalized spacial score (nSPS) is 9.63. The Kier molecular flexibility index (Phi) is 7.09. The molecule has 1 rings (SSSR count). The maximum Gasteiger partial charge on any atom is 0.253 e. The Morgan fingerprint density at radius 2 is 2.26 bits per heavy atom. The molecule has 0 aliphatic heterocycles. The lowest BCUT2D eigenvalue weighted by Crippen LogP contribution is -2.28. The molecule has 0 unspecified atom stereocenters. The van der Waals surface area contributed by atoms with Gasteiger partial charge in [0.1, 0.15) is 0 Å². The van der Waals surface area contributed by atoms with Crippen LogP contribution in [0.5, 0.6) is 0 Å². The van der Waals surface area contributed by atoms with Gasteiger partial charge in [0, 0.05) is 36.9 Å². The molecule has 1 aromatic carbocycles. The van der Waals surface area contributed by atoms with E-state index >= 15 is 0 Å². The van der Waals surface area contributed by atoms with Crippen LogP contribution in [0.15, 0.2) is 24.3 Å². The van der Waals surface area contributed by atoms with Gasteiger partial charge in [-0.2, -0.15) is 11.8 Å². The first-order chi connectivity index (χ1) is 9.19. The van der Waals surface area contributed by atoms with Crippen LogP contribution in [0.1, 0.15) is 22.3 Å². The highest BCUT2D eigenvalue weighted by Gasteiger charge is 2.10. The van der Waals surface area contributed by atoms with Crippen molar-refractivity contribution in [1.29, 1.82) is 0 Å². The number of aliphatic hydroxyl groups is 1. The number of rotatable bonds is 5. The van der Waals surface area contributed by atoms with Crippen molar-refractivity contribution in [3.8, 4) is 11.8 Å². The van der Waals surface area contributed by atoms with Crippen LogP contribution in [0, 0.1) is 11.8 Å². The number of benzene rings is 1. The third-order valence-electron chi connectivity index (χ3n) is 2.56. The number of thioether (sulfide) groups is 1. The summed E-state index contributed by atoms with van der Waals surface area (Å²) in [6.07, 6.45) is 2.47. The van der Waals surface area contributed by atoms with Crippen molar-refractivity contribution in [3.63, 3.8) is 0 Å². The summed E-state index contributed by atoms with van der Waals surface area (Å²) in [6, 6.07) is 7.29. The number of hydrogen-bond acceptors (Lipinski definition) is 3. The van der Waals surface area contributed by atoms with Gasteiger partial charge in [0.05, 0.1) is 6.61 Å². The molecule has 0 aliphatic rings. The van der Waals surface area contributed by atoms with Gasteiger partial charge >= 0.3 is 0 Å². The van der Waals surface area contributed by atoms with Crippen molar-refractivity contribution in [3.05, 3.63) is 35.4 Å². The third-order valence-corrected chi connectivity index (χ3v) is 3.15. The van der Waals surface area contributed by atoms with Gasteiger partial charge < -0.3 is 10.0 Å². The SMILES string of the molecule is CSCCN(C)C(=O)c1cccc(C#CCCO)c1.